The maximum absolute atomic E-state index is 12.9. The summed E-state index contributed by atoms with van der Waals surface area (Å²) in [7, 11) is 0. The standard InChI is InChI=1S/C22H25N3OS/c1-15-11-16(2)19(17(3)12-15)13-24-9-8-23-21(24)14-25(18-6-7-18)22(26)20-5-4-10-27-20/h4-5,8-12,18H,6-7,13-14H2,1-3H3. The molecule has 0 spiro atoms. The van der Waals surface area contributed by atoms with E-state index >= 15 is 0 Å². The first kappa shape index (κ1) is 18.0. The fraction of sp³-hybridized carbons (Fsp3) is 0.364. The van der Waals surface area contributed by atoms with Crippen LogP contribution in [-0.2, 0) is 13.1 Å². The molecule has 0 N–H and O–H groups in total. The van der Waals surface area contributed by atoms with Gasteiger partial charge in [0.2, 0.25) is 0 Å². The topological polar surface area (TPSA) is 38.1 Å². The monoisotopic (exact) mass is 379 g/mol. The highest BCUT2D eigenvalue weighted by molar-refractivity contribution is 7.12. The first-order valence-corrected chi connectivity index (χ1v) is 10.3. The van der Waals surface area contributed by atoms with Crippen molar-refractivity contribution in [2.45, 2.75) is 52.7 Å². The average molecular weight is 380 g/mol. The maximum Gasteiger partial charge on any atom is 0.264 e. The zero-order valence-electron chi connectivity index (χ0n) is 16.1. The van der Waals surface area contributed by atoms with E-state index in [4.69, 9.17) is 0 Å². The van der Waals surface area contributed by atoms with Crippen LogP contribution in [0.1, 0.15) is 50.6 Å². The lowest BCUT2D eigenvalue weighted by atomic mass is 10.00. The second kappa shape index (κ2) is 7.31. The number of rotatable bonds is 6. The quantitative estimate of drug-likeness (QED) is 0.621. The van der Waals surface area contributed by atoms with Gasteiger partial charge in [-0.2, -0.15) is 0 Å². The van der Waals surface area contributed by atoms with Gasteiger partial charge in [0.05, 0.1) is 11.4 Å². The Balaban J connectivity index is 1.57. The van der Waals surface area contributed by atoms with Crippen LogP contribution in [0.3, 0.4) is 0 Å². The van der Waals surface area contributed by atoms with Gasteiger partial charge in [-0.1, -0.05) is 23.8 Å². The molecule has 5 heteroatoms. The first-order valence-electron chi connectivity index (χ1n) is 9.44. The Kier molecular flexibility index (Phi) is 4.87. The molecule has 2 aromatic heterocycles. The molecular formula is C22H25N3OS. The largest absolute Gasteiger partial charge is 0.329 e. The summed E-state index contributed by atoms with van der Waals surface area (Å²) >= 11 is 1.51. The van der Waals surface area contributed by atoms with E-state index in [2.05, 4.69) is 42.5 Å². The summed E-state index contributed by atoms with van der Waals surface area (Å²) in [6, 6.07) is 8.67. The number of nitrogens with zero attached hydrogens (tertiary/aromatic N) is 3. The summed E-state index contributed by atoms with van der Waals surface area (Å²) in [6.07, 6.45) is 6.05. The highest BCUT2D eigenvalue weighted by Gasteiger charge is 2.34. The lowest BCUT2D eigenvalue weighted by Crippen LogP contribution is -2.33. The molecule has 0 atom stereocenters. The predicted octanol–water partition coefficient (Wildman–Crippen LogP) is 4.72. The Labute approximate surface area is 164 Å². The Morgan fingerprint density at radius 2 is 2.00 bits per heavy atom. The highest BCUT2D eigenvalue weighted by Crippen LogP contribution is 2.30. The molecule has 1 amide bonds. The van der Waals surface area contributed by atoms with E-state index in [1.54, 1.807) is 0 Å². The van der Waals surface area contributed by atoms with Crippen LogP contribution >= 0.6 is 11.3 Å². The van der Waals surface area contributed by atoms with Crippen LogP contribution in [0.2, 0.25) is 0 Å². The molecule has 0 unspecified atom stereocenters. The van der Waals surface area contributed by atoms with Crippen LogP contribution < -0.4 is 0 Å². The van der Waals surface area contributed by atoms with Gasteiger partial charge >= 0.3 is 0 Å². The van der Waals surface area contributed by atoms with Crippen molar-refractivity contribution in [3.8, 4) is 0 Å². The summed E-state index contributed by atoms with van der Waals surface area (Å²) in [5.74, 6) is 1.08. The Hall–Kier alpha value is -2.40. The number of aryl methyl sites for hydroxylation is 3. The molecule has 1 saturated carbocycles. The van der Waals surface area contributed by atoms with Gasteiger partial charge in [0.15, 0.2) is 0 Å². The van der Waals surface area contributed by atoms with Gasteiger partial charge in [-0.05, 0) is 61.7 Å². The number of hydrogen-bond donors (Lipinski definition) is 0. The zero-order chi connectivity index (χ0) is 19.0. The van der Waals surface area contributed by atoms with E-state index < -0.39 is 0 Å². The van der Waals surface area contributed by atoms with Crippen molar-refractivity contribution < 1.29 is 4.79 Å². The number of imidazole rings is 1. The zero-order valence-corrected chi connectivity index (χ0v) is 16.9. The molecule has 27 heavy (non-hydrogen) atoms. The van der Waals surface area contributed by atoms with E-state index in [1.165, 1.54) is 33.6 Å². The number of amides is 1. The first-order chi connectivity index (χ1) is 13.0. The van der Waals surface area contributed by atoms with E-state index in [9.17, 15) is 4.79 Å². The van der Waals surface area contributed by atoms with E-state index in [0.29, 0.717) is 12.6 Å². The Morgan fingerprint density at radius 1 is 1.26 bits per heavy atom. The van der Waals surface area contributed by atoms with Crippen LogP contribution in [0.25, 0.3) is 0 Å². The molecule has 1 aromatic carbocycles. The molecule has 2 heterocycles. The molecule has 1 aliphatic carbocycles. The van der Waals surface area contributed by atoms with Gasteiger partial charge in [-0.25, -0.2) is 4.98 Å². The number of benzene rings is 1. The van der Waals surface area contributed by atoms with Crippen LogP contribution in [-0.4, -0.2) is 26.4 Å². The number of carbonyl (C=O) groups is 1. The number of carbonyl (C=O) groups excluding carboxylic acids is 1. The van der Waals surface area contributed by atoms with Crippen LogP contribution in [0.4, 0.5) is 0 Å². The molecule has 0 bridgehead atoms. The van der Waals surface area contributed by atoms with Crippen LogP contribution in [0.15, 0.2) is 42.0 Å². The van der Waals surface area contributed by atoms with Crippen molar-refractivity contribution in [3.63, 3.8) is 0 Å². The van der Waals surface area contributed by atoms with Crippen molar-refractivity contribution >= 4 is 17.2 Å². The summed E-state index contributed by atoms with van der Waals surface area (Å²) in [5.41, 5.74) is 5.24. The third-order valence-corrected chi connectivity index (χ3v) is 6.12. The van der Waals surface area contributed by atoms with E-state index in [0.717, 1.165) is 30.1 Å². The van der Waals surface area contributed by atoms with Crippen molar-refractivity contribution in [2.24, 2.45) is 0 Å². The fourth-order valence-electron chi connectivity index (χ4n) is 3.71. The van der Waals surface area contributed by atoms with Gasteiger partial charge in [0.25, 0.3) is 5.91 Å². The molecular weight excluding hydrogens is 354 g/mol. The van der Waals surface area contributed by atoms with E-state index in [1.807, 2.05) is 34.8 Å². The third kappa shape index (κ3) is 3.83. The normalized spacial score (nSPS) is 13.7. The lowest BCUT2D eigenvalue weighted by Gasteiger charge is -2.22. The van der Waals surface area contributed by atoms with Gasteiger partial charge in [-0.3, -0.25) is 4.79 Å². The minimum atomic E-state index is 0.129. The van der Waals surface area contributed by atoms with Gasteiger partial charge in [0, 0.05) is 25.0 Å². The third-order valence-electron chi connectivity index (χ3n) is 5.26. The maximum atomic E-state index is 12.9. The van der Waals surface area contributed by atoms with Crippen LogP contribution in [0, 0.1) is 20.8 Å². The highest BCUT2D eigenvalue weighted by atomic mass is 32.1. The summed E-state index contributed by atoms with van der Waals surface area (Å²) in [5, 5.41) is 1.96. The molecule has 4 rings (SSSR count). The smallest absolute Gasteiger partial charge is 0.264 e. The van der Waals surface area contributed by atoms with Crippen molar-refractivity contribution in [2.75, 3.05) is 0 Å². The SMILES string of the molecule is Cc1cc(C)c(Cn2ccnc2CN(C(=O)c2cccs2)C2CC2)c(C)c1. The average Bonchev–Trinajstić information content (AvgIpc) is 3.14. The number of thiophene rings is 1. The second-order valence-corrected chi connectivity index (χ2v) is 8.44. The number of hydrogen-bond acceptors (Lipinski definition) is 3. The lowest BCUT2D eigenvalue weighted by molar-refractivity contribution is 0.0728. The van der Waals surface area contributed by atoms with Crippen LogP contribution in [0.5, 0.6) is 0 Å². The van der Waals surface area contributed by atoms with Gasteiger partial charge in [-0.15, -0.1) is 11.3 Å². The van der Waals surface area contributed by atoms with Gasteiger partial charge < -0.3 is 9.47 Å². The summed E-state index contributed by atoms with van der Waals surface area (Å²) in [4.78, 5) is 20.3. The Bertz CT molecular complexity index is 931. The molecule has 0 saturated heterocycles. The molecule has 0 radical (unpaired) electrons. The number of aromatic nitrogens is 2. The van der Waals surface area contributed by atoms with Crippen molar-refractivity contribution in [1.29, 1.82) is 0 Å². The van der Waals surface area contributed by atoms with Gasteiger partial charge in [0.1, 0.15) is 5.82 Å². The Morgan fingerprint density at radius 3 is 2.63 bits per heavy atom. The minimum Gasteiger partial charge on any atom is -0.329 e. The van der Waals surface area contributed by atoms with Crippen molar-refractivity contribution in [3.05, 3.63) is 75.0 Å². The summed E-state index contributed by atoms with van der Waals surface area (Å²) in [6.45, 7) is 7.83. The van der Waals surface area contributed by atoms with Crippen molar-refractivity contribution in [1.82, 2.24) is 14.5 Å². The minimum absolute atomic E-state index is 0.129. The molecule has 4 nitrogen and oxygen atoms in total. The molecule has 140 valence electrons. The fourth-order valence-corrected chi connectivity index (χ4v) is 4.39. The van der Waals surface area contributed by atoms with E-state index in [-0.39, 0.29) is 5.91 Å². The predicted molar refractivity (Wildman–Crippen MR) is 109 cm³/mol. The molecule has 0 aliphatic heterocycles. The molecule has 3 aromatic rings. The second-order valence-electron chi connectivity index (χ2n) is 7.49. The summed E-state index contributed by atoms with van der Waals surface area (Å²) < 4.78 is 2.18. The molecule has 1 aliphatic rings. The molecule has 1 fully saturated rings.